The van der Waals surface area contributed by atoms with E-state index in [4.69, 9.17) is 9.84 Å². The molecule has 1 aliphatic heterocycles. The summed E-state index contributed by atoms with van der Waals surface area (Å²) in [5.41, 5.74) is 4.06. The van der Waals surface area contributed by atoms with Crippen LogP contribution in [-0.2, 0) is 45.7 Å². The van der Waals surface area contributed by atoms with E-state index in [1.54, 1.807) is 34.8 Å². The van der Waals surface area contributed by atoms with Crippen LogP contribution in [0.15, 0.2) is 41.9 Å². The molecule has 13 heteroatoms. The minimum Gasteiger partial charge on any atom is -0.466 e. The van der Waals surface area contributed by atoms with Gasteiger partial charge in [-0.2, -0.15) is 10.2 Å². The maximum Gasteiger partial charge on any atom is 0.311 e. The number of ether oxygens (including phenoxy) is 1. The first kappa shape index (κ1) is 30.4. The number of amides is 2. The highest BCUT2D eigenvalue weighted by Crippen LogP contribution is 2.39. The molecule has 3 aromatic heterocycles. The van der Waals surface area contributed by atoms with Crippen molar-refractivity contribution in [2.45, 2.75) is 52.1 Å². The Bertz CT molecular complexity index is 1900. The van der Waals surface area contributed by atoms with Crippen molar-refractivity contribution in [3.05, 3.63) is 64.1 Å². The molecule has 1 saturated heterocycles. The van der Waals surface area contributed by atoms with Gasteiger partial charge < -0.3 is 15.0 Å². The molecule has 0 spiro atoms. The number of thiazole rings is 1. The number of piperidine rings is 1. The lowest BCUT2D eigenvalue weighted by molar-refractivity contribution is -0.142. The zero-order valence-electron chi connectivity index (χ0n) is 25.4. The van der Waals surface area contributed by atoms with Crippen molar-refractivity contribution in [1.82, 2.24) is 34.8 Å². The topological polar surface area (TPSA) is 124 Å². The minimum absolute atomic E-state index is 0.0326. The Morgan fingerprint density at radius 3 is 2.69 bits per heavy atom. The predicted octanol–water partition coefficient (Wildman–Crippen LogP) is 4.33. The third-order valence-electron chi connectivity index (χ3n) is 8.22. The number of nitrogens with zero attached hydrogens (tertiary/aromatic N) is 6. The minimum atomic E-state index is -0.364. The Balaban J connectivity index is 1.30. The number of carbonyl (C=O) groups is 3. The van der Waals surface area contributed by atoms with Crippen molar-refractivity contribution in [3.8, 4) is 11.1 Å². The third-order valence-corrected chi connectivity index (χ3v) is 9.12. The average molecular weight is 632 g/mol. The second-order valence-corrected chi connectivity index (χ2v) is 12.1. The van der Waals surface area contributed by atoms with Crippen molar-refractivity contribution in [3.63, 3.8) is 0 Å². The lowest BCUT2D eigenvalue weighted by Gasteiger charge is -2.30. The predicted molar refractivity (Wildman–Crippen MR) is 168 cm³/mol. The Kier molecular flexibility index (Phi) is 8.61. The first-order chi connectivity index (χ1) is 21.7. The molecule has 5 aromatic rings. The molecule has 0 saturated carbocycles. The molecule has 0 unspecified atom stereocenters. The van der Waals surface area contributed by atoms with Gasteiger partial charge in [0.05, 0.1) is 48.2 Å². The van der Waals surface area contributed by atoms with Crippen molar-refractivity contribution in [2.75, 3.05) is 19.7 Å². The van der Waals surface area contributed by atoms with E-state index in [9.17, 15) is 14.4 Å². The van der Waals surface area contributed by atoms with E-state index in [1.165, 1.54) is 17.4 Å². The van der Waals surface area contributed by atoms with Gasteiger partial charge in [-0.25, -0.2) is 9.37 Å². The van der Waals surface area contributed by atoms with Gasteiger partial charge in [-0.3, -0.25) is 23.7 Å². The number of rotatable bonds is 9. The lowest BCUT2D eigenvalue weighted by Crippen LogP contribution is -2.36. The lowest BCUT2D eigenvalue weighted by atomic mass is 9.89. The molecule has 0 atom stereocenters. The van der Waals surface area contributed by atoms with Crippen LogP contribution in [0.2, 0.25) is 0 Å². The Hall–Kier alpha value is -4.65. The number of fused-ring (bicyclic) bond motifs is 2. The maximum absolute atomic E-state index is 15.6. The number of carbonyl (C=O) groups excluding carboxylic acids is 3. The van der Waals surface area contributed by atoms with Crippen LogP contribution in [0.5, 0.6) is 0 Å². The molecule has 4 heterocycles. The number of hydrogen-bond donors (Lipinski definition) is 1. The molecular formula is C32H34FN7O4S. The van der Waals surface area contributed by atoms with Crippen molar-refractivity contribution in [1.29, 1.82) is 0 Å². The van der Waals surface area contributed by atoms with Crippen LogP contribution in [0.3, 0.4) is 0 Å². The fourth-order valence-corrected chi connectivity index (χ4v) is 6.71. The Morgan fingerprint density at radius 2 is 1.93 bits per heavy atom. The molecule has 0 bridgehead atoms. The molecule has 45 heavy (non-hydrogen) atoms. The number of aryl methyl sites for hydroxylation is 1. The zero-order valence-corrected chi connectivity index (χ0v) is 26.2. The molecule has 234 valence electrons. The van der Waals surface area contributed by atoms with Gasteiger partial charge >= 0.3 is 5.97 Å². The van der Waals surface area contributed by atoms with E-state index in [0.29, 0.717) is 59.8 Å². The summed E-state index contributed by atoms with van der Waals surface area (Å²) in [5.74, 6) is -0.888. The molecule has 1 N–H and O–H groups in total. The van der Waals surface area contributed by atoms with Crippen LogP contribution < -0.4 is 5.32 Å². The van der Waals surface area contributed by atoms with Gasteiger partial charge in [0.15, 0.2) is 0 Å². The van der Waals surface area contributed by atoms with Crippen LogP contribution >= 0.6 is 11.3 Å². The van der Waals surface area contributed by atoms with Crippen molar-refractivity contribution >= 4 is 50.9 Å². The van der Waals surface area contributed by atoms with E-state index in [1.807, 2.05) is 36.2 Å². The summed E-state index contributed by atoms with van der Waals surface area (Å²) in [7, 11) is 1.82. The summed E-state index contributed by atoms with van der Waals surface area (Å²) in [6.45, 7) is 5.02. The number of hydrogen-bond acceptors (Lipinski definition) is 8. The van der Waals surface area contributed by atoms with Gasteiger partial charge in [0.25, 0.3) is 0 Å². The number of esters is 1. The fourth-order valence-electron chi connectivity index (χ4n) is 5.97. The molecule has 11 nitrogen and oxygen atoms in total. The first-order valence-corrected chi connectivity index (χ1v) is 15.8. The number of likely N-dealkylation sites (tertiary alicyclic amines) is 1. The van der Waals surface area contributed by atoms with E-state index in [2.05, 4.69) is 15.4 Å². The molecule has 2 aromatic carbocycles. The van der Waals surface area contributed by atoms with Crippen molar-refractivity contribution < 1.29 is 23.5 Å². The van der Waals surface area contributed by atoms with Crippen LogP contribution in [0, 0.1) is 5.82 Å². The highest BCUT2D eigenvalue weighted by molar-refractivity contribution is 7.09. The molecule has 1 fully saturated rings. The smallest absolute Gasteiger partial charge is 0.311 e. The summed E-state index contributed by atoms with van der Waals surface area (Å²) in [5, 5.41) is 16.1. The first-order valence-electron chi connectivity index (χ1n) is 14.9. The van der Waals surface area contributed by atoms with E-state index < -0.39 is 0 Å². The highest BCUT2D eigenvalue weighted by Gasteiger charge is 2.28. The van der Waals surface area contributed by atoms with Crippen LogP contribution in [-0.4, -0.2) is 66.9 Å². The van der Waals surface area contributed by atoms with Gasteiger partial charge in [-0.1, -0.05) is 12.1 Å². The second-order valence-electron chi connectivity index (χ2n) is 11.2. The van der Waals surface area contributed by atoms with Gasteiger partial charge in [-0.05, 0) is 43.5 Å². The largest absolute Gasteiger partial charge is 0.466 e. The number of halogens is 1. The molecule has 0 aliphatic carbocycles. The Labute approximate surface area is 263 Å². The zero-order chi connectivity index (χ0) is 31.7. The van der Waals surface area contributed by atoms with E-state index >= 15 is 4.39 Å². The molecule has 2 amide bonds. The fraction of sp³-hybridized carbons (Fsp3) is 0.375. The van der Waals surface area contributed by atoms with Gasteiger partial charge in [0.2, 0.25) is 11.8 Å². The summed E-state index contributed by atoms with van der Waals surface area (Å²) >= 11 is 1.36. The van der Waals surface area contributed by atoms with Gasteiger partial charge in [0, 0.05) is 54.7 Å². The molecule has 1 aliphatic rings. The SMILES string of the molecule is CCOC(=O)Cc1csc(CNC(=O)Cn2nc(C3CCN(C(C)=O)CC3)c3c(-c4cc5c(cnn5C)cc4F)cccc32)n1. The van der Waals surface area contributed by atoms with Gasteiger partial charge in [-0.15, -0.1) is 11.3 Å². The monoisotopic (exact) mass is 631 g/mol. The normalized spacial score (nSPS) is 13.9. The van der Waals surface area contributed by atoms with Crippen molar-refractivity contribution in [2.24, 2.45) is 7.05 Å². The molecule has 0 radical (unpaired) electrons. The average Bonchev–Trinajstić information content (AvgIpc) is 3.73. The van der Waals surface area contributed by atoms with Crippen LogP contribution in [0.1, 0.15) is 49.0 Å². The quantitative estimate of drug-likeness (QED) is 0.240. The van der Waals surface area contributed by atoms with Gasteiger partial charge in [0.1, 0.15) is 17.4 Å². The molecule has 6 rings (SSSR count). The van der Waals surface area contributed by atoms with Crippen LogP contribution in [0.4, 0.5) is 4.39 Å². The second kappa shape index (κ2) is 12.8. The van der Waals surface area contributed by atoms with E-state index in [0.717, 1.165) is 22.1 Å². The summed E-state index contributed by atoms with van der Waals surface area (Å²) in [4.78, 5) is 43.2. The van der Waals surface area contributed by atoms with Crippen LogP contribution in [0.25, 0.3) is 32.9 Å². The highest BCUT2D eigenvalue weighted by atomic mass is 32.1. The maximum atomic E-state index is 15.6. The number of nitrogens with one attached hydrogen (secondary N) is 1. The number of aromatic nitrogens is 5. The Morgan fingerprint density at radius 1 is 1.13 bits per heavy atom. The van der Waals surface area contributed by atoms with E-state index in [-0.39, 0.29) is 49.0 Å². The third kappa shape index (κ3) is 6.30. The number of benzene rings is 2. The molecular weight excluding hydrogens is 597 g/mol. The summed E-state index contributed by atoms with van der Waals surface area (Å²) in [6, 6.07) is 8.94. The standard InChI is InChI=1S/C32H34FN7O4S/c1-4-44-30(43)13-22-18-45-29(36-22)16-34-28(42)17-40-26-7-5-6-23(24-14-27-21(12-25(24)33)15-35-38(27)3)31(26)32(37-40)20-8-10-39(11-9-20)19(2)41/h5-7,12,14-15,18,20H,4,8-11,13,16-17H2,1-3H3,(H,34,42). The summed E-state index contributed by atoms with van der Waals surface area (Å²) < 4.78 is 24.0. The summed E-state index contributed by atoms with van der Waals surface area (Å²) in [6.07, 6.45) is 3.16.